The van der Waals surface area contributed by atoms with Gasteiger partial charge < -0.3 is 9.84 Å². The minimum atomic E-state index is -4.20. The number of hydrogen-bond acceptors (Lipinski definition) is 6. The fourth-order valence-electron chi connectivity index (χ4n) is 3.07. The van der Waals surface area contributed by atoms with Crippen LogP contribution in [0.2, 0.25) is 0 Å². The van der Waals surface area contributed by atoms with E-state index in [0.717, 1.165) is 31.3 Å². The minimum Gasteiger partial charge on any atom is -0.456 e. The molecule has 0 aliphatic carbocycles. The molecule has 0 fully saturated rings. The number of amides is 1. The summed E-state index contributed by atoms with van der Waals surface area (Å²) in [5.74, 6) is -6.88. The Balaban J connectivity index is 1.93. The molecule has 176 valence electrons. The van der Waals surface area contributed by atoms with Gasteiger partial charge in [0.25, 0.3) is 0 Å². The van der Waals surface area contributed by atoms with Gasteiger partial charge in [-0.3, -0.25) is 15.2 Å². The first-order valence-electron chi connectivity index (χ1n) is 9.76. The number of pyridine rings is 1. The Morgan fingerprint density at radius 2 is 1.79 bits per heavy atom. The van der Waals surface area contributed by atoms with Gasteiger partial charge >= 0.3 is 5.92 Å². The lowest BCUT2D eigenvalue weighted by molar-refractivity contribution is -0.198. The van der Waals surface area contributed by atoms with E-state index >= 15 is 8.78 Å². The second-order valence-corrected chi connectivity index (χ2v) is 7.21. The number of nitriles is 1. The average molecular weight is 474 g/mol. The predicted octanol–water partition coefficient (Wildman–Crippen LogP) is 3.64. The van der Waals surface area contributed by atoms with E-state index in [2.05, 4.69) is 10.4 Å². The lowest BCUT2D eigenvalue weighted by atomic mass is 9.84. The van der Waals surface area contributed by atoms with Crippen LogP contribution in [0.15, 0.2) is 60.8 Å². The van der Waals surface area contributed by atoms with E-state index in [4.69, 9.17) is 10.00 Å². The van der Waals surface area contributed by atoms with Crippen molar-refractivity contribution in [3.63, 3.8) is 0 Å². The lowest BCUT2D eigenvalue weighted by Crippen LogP contribution is -2.54. The van der Waals surface area contributed by atoms with Crippen molar-refractivity contribution in [2.75, 3.05) is 6.54 Å². The molecule has 1 atom stereocenters. The summed E-state index contributed by atoms with van der Waals surface area (Å²) in [6.07, 6.45) is 0.976. The molecule has 0 aliphatic rings. The van der Waals surface area contributed by atoms with E-state index in [1.54, 1.807) is 0 Å². The van der Waals surface area contributed by atoms with Crippen molar-refractivity contribution in [2.24, 2.45) is 0 Å². The Hall–Kier alpha value is -4.01. The number of carbonyl (C=O) groups excluding carboxylic acids is 1. The number of halogens is 4. The fraction of sp³-hybridized carbons (Fsp3) is 0.174. The van der Waals surface area contributed by atoms with Crippen LogP contribution in [0.1, 0.15) is 23.7 Å². The molecule has 3 N–H and O–H groups in total. The van der Waals surface area contributed by atoms with Crippen LogP contribution in [-0.4, -0.2) is 22.5 Å². The number of carbonyl (C=O) groups is 1. The first kappa shape index (κ1) is 24.6. The van der Waals surface area contributed by atoms with Crippen LogP contribution in [0.3, 0.4) is 0 Å². The first-order chi connectivity index (χ1) is 16.1. The Kier molecular flexibility index (Phi) is 7.14. The fourth-order valence-corrected chi connectivity index (χ4v) is 3.07. The second-order valence-electron chi connectivity index (χ2n) is 7.21. The highest BCUT2D eigenvalue weighted by Gasteiger charge is 2.57. The highest BCUT2D eigenvalue weighted by molar-refractivity contribution is 5.72. The van der Waals surface area contributed by atoms with Crippen LogP contribution < -0.4 is 15.6 Å². The summed E-state index contributed by atoms with van der Waals surface area (Å²) in [4.78, 5) is 14.8. The van der Waals surface area contributed by atoms with Crippen LogP contribution in [0.5, 0.6) is 11.5 Å². The minimum absolute atomic E-state index is 0.0807. The summed E-state index contributed by atoms with van der Waals surface area (Å²) in [6.45, 7) is 0.0596. The summed E-state index contributed by atoms with van der Waals surface area (Å²) in [7, 11) is 0. The molecule has 3 rings (SSSR count). The quantitative estimate of drug-likeness (QED) is 0.340. The third-order valence-corrected chi connectivity index (χ3v) is 4.78. The number of nitrogens with one attached hydrogen (secondary N) is 2. The highest BCUT2D eigenvalue weighted by Crippen LogP contribution is 2.45. The molecule has 7 nitrogen and oxygen atoms in total. The Morgan fingerprint density at radius 3 is 2.35 bits per heavy atom. The van der Waals surface area contributed by atoms with Crippen molar-refractivity contribution in [3.8, 4) is 17.6 Å². The number of ether oxygens (including phenoxy) is 1. The standard InChI is InChI=1S/C23H18F4N4O3/c1-14(32)31-30-13-22(33,19-8-4-16(24)10-20(19)25)23(26,27)21-9-7-18(12-29-21)34-17-5-2-15(11-28)3-6-17/h2-10,12,30,33H,13H2,1H3,(H,31,32). The second kappa shape index (κ2) is 9.86. The maximum absolute atomic E-state index is 15.5. The average Bonchev–Trinajstić information content (AvgIpc) is 2.79. The molecule has 1 unspecified atom stereocenters. The normalized spacial score (nSPS) is 13.0. The molecule has 1 heterocycles. The van der Waals surface area contributed by atoms with E-state index in [-0.39, 0.29) is 5.75 Å². The molecule has 0 spiro atoms. The summed E-state index contributed by atoms with van der Waals surface area (Å²) < 4.78 is 64.4. The zero-order valence-electron chi connectivity index (χ0n) is 17.7. The molecule has 3 aromatic rings. The van der Waals surface area contributed by atoms with E-state index in [9.17, 15) is 18.7 Å². The molecule has 1 amide bonds. The molecule has 34 heavy (non-hydrogen) atoms. The number of nitrogens with zero attached hydrogens (tertiary/aromatic N) is 2. The molecule has 0 bridgehead atoms. The monoisotopic (exact) mass is 474 g/mol. The van der Waals surface area contributed by atoms with Gasteiger partial charge in [-0.1, -0.05) is 6.07 Å². The van der Waals surface area contributed by atoms with E-state index in [1.165, 1.54) is 24.3 Å². The van der Waals surface area contributed by atoms with Crippen molar-refractivity contribution in [1.82, 2.24) is 15.8 Å². The molecule has 0 radical (unpaired) electrons. The number of aliphatic hydroxyl groups is 1. The zero-order chi connectivity index (χ0) is 24.9. The smallest absolute Gasteiger partial charge is 0.323 e. The number of aromatic nitrogens is 1. The lowest BCUT2D eigenvalue weighted by Gasteiger charge is -2.36. The van der Waals surface area contributed by atoms with Gasteiger partial charge in [-0.2, -0.15) is 14.0 Å². The summed E-state index contributed by atoms with van der Waals surface area (Å²) >= 11 is 0. The van der Waals surface area contributed by atoms with E-state index < -0.39 is 46.9 Å². The van der Waals surface area contributed by atoms with E-state index in [0.29, 0.717) is 23.4 Å². The molecule has 11 heteroatoms. The molecule has 2 aromatic carbocycles. The van der Waals surface area contributed by atoms with Crippen LogP contribution >= 0.6 is 0 Å². The Morgan fingerprint density at radius 1 is 1.12 bits per heavy atom. The maximum Gasteiger partial charge on any atom is 0.323 e. The molecular formula is C23H18F4N4O3. The number of alkyl halides is 2. The Labute approximate surface area is 191 Å². The van der Waals surface area contributed by atoms with Gasteiger partial charge in [0.1, 0.15) is 28.8 Å². The van der Waals surface area contributed by atoms with Gasteiger partial charge in [-0.25, -0.2) is 14.2 Å². The van der Waals surface area contributed by atoms with Crippen LogP contribution in [0, 0.1) is 23.0 Å². The highest BCUT2D eigenvalue weighted by atomic mass is 19.3. The van der Waals surface area contributed by atoms with Crippen molar-refractivity contribution >= 4 is 5.91 Å². The molecule has 0 saturated heterocycles. The first-order valence-corrected chi connectivity index (χ1v) is 9.76. The summed E-state index contributed by atoms with van der Waals surface area (Å²) in [5, 5.41) is 19.8. The third kappa shape index (κ3) is 5.14. The predicted molar refractivity (Wildman–Crippen MR) is 111 cm³/mol. The van der Waals surface area contributed by atoms with E-state index in [1.807, 2.05) is 11.5 Å². The van der Waals surface area contributed by atoms with Crippen LogP contribution in [-0.2, 0) is 16.3 Å². The SMILES string of the molecule is CC(=O)NNCC(O)(c1ccc(F)cc1F)C(F)(F)c1ccc(Oc2ccc(C#N)cc2)cn1. The van der Waals surface area contributed by atoms with Crippen LogP contribution in [0.4, 0.5) is 17.6 Å². The maximum atomic E-state index is 15.5. The third-order valence-electron chi connectivity index (χ3n) is 4.78. The van der Waals surface area contributed by atoms with Gasteiger partial charge in [0.05, 0.1) is 24.4 Å². The van der Waals surface area contributed by atoms with Gasteiger partial charge in [-0.15, -0.1) is 0 Å². The summed E-state index contributed by atoms with van der Waals surface area (Å²) in [5.41, 5.74) is -0.545. The largest absolute Gasteiger partial charge is 0.456 e. The van der Waals surface area contributed by atoms with Crippen molar-refractivity contribution < 1.29 is 32.2 Å². The van der Waals surface area contributed by atoms with Gasteiger partial charge in [-0.05, 0) is 42.5 Å². The number of benzene rings is 2. The van der Waals surface area contributed by atoms with Gasteiger partial charge in [0.15, 0.2) is 5.60 Å². The summed E-state index contributed by atoms with van der Waals surface area (Å²) in [6, 6.07) is 11.8. The Bertz CT molecular complexity index is 1210. The van der Waals surface area contributed by atoms with Crippen LogP contribution in [0.25, 0.3) is 0 Å². The van der Waals surface area contributed by atoms with Gasteiger partial charge in [0.2, 0.25) is 5.91 Å². The molecule has 0 aliphatic heterocycles. The van der Waals surface area contributed by atoms with Gasteiger partial charge in [0, 0.05) is 18.6 Å². The van der Waals surface area contributed by atoms with Crippen molar-refractivity contribution in [3.05, 3.63) is 89.2 Å². The van der Waals surface area contributed by atoms with Crippen molar-refractivity contribution in [1.29, 1.82) is 5.26 Å². The zero-order valence-corrected chi connectivity index (χ0v) is 17.7. The van der Waals surface area contributed by atoms with Crippen molar-refractivity contribution in [2.45, 2.75) is 18.4 Å². The molecular weight excluding hydrogens is 456 g/mol. The molecule has 0 saturated carbocycles. The number of hydrogen-bond donors (Lipinski definition) is 3. The topological polar surface area (TPSA) is 107 Å². The number of rotatable bonds is 8. The molecule has 1 aromatic heterocycles. The number of hydrazine groups is 1.